The number of hydrogen-bond donors (Lipinski definition) is 0. The molecule has 0 amide bonds. The normalized spacial score (nSPS) is 23.8. The van der Waals surface area contributed by atoms with Crippen LogP contribution in [0, 0.1) is 11.7 Å². The van der Waals surface area contributed by atoms with E-state index in [0.717, 1.165) is 55.5 Å². The summed E-state index contributed by atoms with van der Waals surface area (Å²) in [6.07, 6.45) is 5.00. The molecule has 0 saturated carbocycles. The van der Waals surface area contributed by atoms with Gasteiger partial charge in [-0.05, 0) is 61.1 Å². The zero-order valence-corrected chi connectivity index (χ0v) is 17.8. The third-order valence-electron chi connectivity index (χ3n) is 7.50. The van der Waals surface area contributed by atoms with Crippen LogP contribution >= 0.6 is 0 Å². The van der Waals surface area contributed by atoms with E-state index in [1.165, 1.54) is 16.8 Å². The van der Waals surface area contributed by atoms with E-state index in [2.05, 4.69) is 40.3 Å². The van der Waals surface area contributed by atoms with E-state index in [0.29, 0.717) is 5.92 Å². The SMILES string of the molecule is C=CCN1CCC2(c3cccc(OC)c3)Cc3c(c4cccc(F)c4n3C)CC2C1. The smallest absolute Gasteiger partial charge is 0.147 e. The molecule has 2 atom stereocenters. The fraction of sp³-hybridized carbons (Fsp3) is 0.385. The second kappa shape index (κ2) is 7.28. The monoisotopic (exact) mass is 404 g/mol. The third-order valence-corrected chi connectivity index (χ3v) is 7.50. The molecular formula is C26H29FN2O. The van der Waals surface area contributed by atoms with Crippen molar-refractivity contribution in [1.29, 1.82) is 0 Å². The number of piperidine rings is 1. The molecule has 30 heavy (non-hydrogen) atoms. The van der Waals surface area contributed by atoms with Crippen molar-refractivity contribution < 1.29 is 9.13 Å². The minimum Gasteiger partial charge on any atom is -0.497 e. The van der Waals surface area contributed by atoms with E-state index < -0.39 is 0 Å². The first-order valence-corrected chi connectivity index (χ1v) is 10.8. The van der Waals surface area contributed by atoms with Gasteiger partial charge in [-0.1, -0.05) is 30.3 Å². The summed E-state index contributed by atoms with van der Waals surface area (Å²) in [5.74, 6) is 1.25. The fourth-order valence-electron chi connectivity index (χ4n) is 5.99. The molecule has 1 fully saturated rings. The summed E-state index contributed by atoms with van der Waals surface area (Å²) >= 11 is 0. The number of methoxy groups -OCH3 is 1. The van der Waals surface area contributed by atoms with Gasteiger partial charge in [-0.25, -0.2) is 4.39 Å². The summed E-state index contributed by atoms with van der Waals surface area (Å²) in [4.78, 5) is 2.51. The van der Waals surface area contributed by atoms with Crippen LogP contribution in [-0.4, -0.2) is 36.2 Å². The van der Waals surface area contributed by atoms with E-state index in [9.17, 15) is 4.39 Å². The molecule has 0 radical (unpaired) electrons. The minimum absolute atomic E-state index is 0.0395. The molecule has 1 aliphatic carbocycles. The zero-order chi connectivity index (χ0) is 20.9. The van der Waals surface area contributed by atoms with Crippen LogP contribution in [0.5, 0.6) is 5.75 Å². The molecule has 5 rings (SSSR count). The number of benzene rings is 2. The number of para-hydroxylation sites is 1. The van der Waals surface area contributed by atoms with Crippen LogP contribution in [0.4, 0.5) is 4.39 Å². The number of nitrogens with zero attached hydrogens (tertiary/aromatic N) is 2. The quantitative estimate of drug-likeness (QED) is 0.577. The lowest BCUT2D eigenvalue weighted by molar-refractivity contribution is 0.0888. The van der Waals surface area contributed by atoms with E-state index >= 15 is 0 Å². The Morgan fingerprint density at radius 2 is 2.10 bits per heavy atom. The number of rotatable bonds is 4. The van der Waals surface area contributed by atoms with Gasteiger partial charge in [0.25, 0.3) is 0 Å². The molecule has 0 spiro atoms. The van der Waals surface area contributed by atoms with Gasteiger partial charge in [-0.3, -0.25) is 4.90 Å². The predicted molar refractivity (Wildman–Crippen MR) is 120 cm³/mol. The van der Waals surface area contributed by atoms with Crippen molar-refractivity contribution in [3.05, 3.63) is 77.8 Å². The largest absolute Gasteiger partial charge is 0.497 e. The molecule has 3 nitrogen and oxygen atoms in total. The van der Waals surface area contributed by atoms with Crippen LogP contribution in [0.2, 0.25) is 0 Å². The van der Waals surface area contributed by atoms with Gasteiger partial charge in [0.2, 0.25) is 0 Å². The van der Waals surface area contributed by atoms with E-state index in [4.69, 9.17) is 4.74 Å². The Balaban J connectivity index is 1.68. The van der Waals surface area contributed by atoms with Gasteiger partial charge >= 0.3 is 0 Å². The van der Waals surface area contributed by atoms with E-state index in [1.807, 2.05) is 25.3 Å². The van der Waals surface area contributed by atoms with Crippen LogP contribution in [0.3, 0.4) is 0 Å². The van der Waals surface area contributed by atoms with Crippen molar-refractivity contribution in [2.24, 2.45) is 13.0 Å². The molecule has 2 unspecified atom stereocenters. The number of halogens is 1. The number of aromatic nitrogens is 1. The Kier molecular flexibility index (Phi) is 4.70. The van der Waals surface area contributed by atoms with Gasteiger partial charge in [0.1, 0.15) is 11.6 Å². The lowest BCUT2D eigenvalue weighted by Gasteiger charge is -2.51. The molecule has 1 saturated heterocycles. The van der Waals surface area contributed by atoms with Crippen LogP contribution in [0.1, 0.15) is 23.2 Å². The van der Waals surface area contributed by atoms with Crippen molar-refractivity contribution in [3.63, 3.8) is 0 Å². The Morgan fingerprint density at radius 3 is 2.90 bits per heavy atom. The summed E-state index contributed by atoms with van der Waals surface area (Å²) in [5, 5.41) is 1.08. The average Bonchev–Trinajstić information content (AvgIpc) is 3.04. The number of likely N-dealkylation sites (tertiary alicyclic amines) is 1. The first-order valence-electron chi connectivity index (χ1n) is 10.8. The lowest BCUT2D eigenvalue weighted by atomic mass is 9.58. The average molecular weight is 405 g/mol. The van der Waals surface area contributed by atoms with Gasteiger partial charge in [-0.15, -0.1) is 6.58 Å². The van der Waals surface area contributed by atoms with Crippen molar-refractivity contribution in [2.75, 3.05) is 26.7 Å². The van der Waals surface area contributed by atoms with Crippen molar-refractivity contribution >= 4 is 10.9 Å². The van der Waals surface area contributed by atoms with Crippen LogP contribution in [-0.2, 0) is 25.3 Å². The molecule has 2 aliphatic rings. The Labute approximate surface area is 177 Å². The summed E-state index contributed by atoms with van der Waals surface area (Å²) < 4.78 is 22.4. The first-order chi connectivity index (χ1) is 14.6. The highest BCUT2D eigenvalue weighted by Gasteiger charge is 2.48. The summed E-state index contributed by atoms with van der Waals surface area (Å²) in [5.41, 5.74) is 4.74. The number of aryl methyl sites for hydroxylation is 1. The molecule has 1 aliphatic heterocycles. The number of hydrogen-bond acceptors (Lipinski definition) is 2. The van der Waals surface area contributed by atoms with Crippen LogP contribution in [0.15, 0.2) is 55.1 Å². The highest BCUT2D eigenvalue weighted by Crippen LogP contribution is 2.50. The molecule has 0 N–H and O–H groups in total. The fourth-order valence-corrected chi connectivity index (χ4v) is 5.99. The van der Waals surface area contributed by atoms with E-state index in [1.54, 1.807) is 13.2 Å². The molecule has 4 heteroatoms. The van der Waals surface area contributed by atoms with Crippen molar-refractivity contribution in [2.45, 2.75) is 24.7 Å². The molecule has 2 heterocycles. The first kappa shape index (κ1) is 19.4. The molecule has 2 aromatic carbocycles. The van der Waals surface area contributed by atoms with E-state index in [-0.39, 0.29) is 11.2 Å². The molecule has 1 aromatic heterocycles. The lowest BCUT2D eigenvalue weighted by Crippen LogP contribution is -2.53. The minimum atomic E-state index is -0.129. The maximum Gasteiger partial charge on any atom is 0.147 e. The molecular weight excluding hydrogens is 375 g/mol. The van der Waals surface area contributed by atoms with Gasteiger partial charge in [0, 0.05) is 36.6 Å². The number of ether oxygens (including phenoxy) is 1. The highest BCUT2D eigenvalue weighted by molar-refractivity contribution is 5.86. The van der Waals surface area contributed by atoms with Gasteiger partial charge in [0.05, 0.1) is 12.6 Å². The van der Waals surface area contributed by atoms with Crippen molar-refractivity contribution in [1.82, 2.24) is 9.47 Å². The summed E-state index contributed by atoms with van der Waals surface area (Å²) in [6.45, 7) is 6.95. The van der Waals surface area contributed by atoms with Gasteiger partial charge in [-0.2, -0.15) is 0 Å². The van der Waals surface area contributed by atoms with Gasteiger partial charge in [0.15, 0.2) is 0 Å². The maximum atomic E-state index is 14.7. The summed E-state index contributed by atoms with van der Waals surface area (Å²) in [7, 11) is 3.75. The predicted octanol–water partition coefficient (Wildman–Crippen LogP) is 4.87. The third kappa shape index (κ3) is 2.81. The summed E-state index contributed by atoms with van der Waals surface area (Å²) in [6, 6.07) is 14.1. The van der Waals surface area contributed by atoms with Crippen LogP contribution in [0.25, 0.3) is 10.9 Å². The Bertz CT molecular complexity index is 1120. The maximum absolute atomic E-state index is 14.7. The van der Waals surface area contributed by atoms with Crippen LogP contribution < -0.4 is 4.74 Å². The molecule has 0 bridgehead atoms. The Hall–Kier alpha value is -2.59. The zero-order valence-electron chi connectivity index (χ0n) is 17.8. The molecule has 156 valence electrons. The highest BCUT2D eigenvalue weighted by atomic mass is 19.1. The standard InChI is InChI=1S/C26H29FN2O/c1-4-12-29-13-11-26(18-7-5-8-20(14-18)30-3)16-24-22(15-19(26)17-29)21-9-6-10-23(27)25(21)28(24)2/h4-10,14,19H,1,11-13,15-17H2,2-3H3. The Morgan fingerprint density at radius 1 is 1.27 bits per heavy atom. The topological polar surface area (TPSA) is 17.4 Å². The second-order valence-corrected chi connectivity index (χ2v) is 8.88. The second-order valence-electron chi connectivity index (χ2n) is 8.88. The van der Waals surface area contributed by atoms with Gasteiger partial charge < -0.3 is 9.30 Å². The van der Waals surface area contributed by atoms with Crippen molar-refractivity contribution in [3.8, 4) is 5.75 Å². The molecule has 3 aromatic rings. The number of fused-ring (bicyclic) bond motifs is 4.